The molecule has 2 heteroatoms. The Labute approximate surface area is 308 Å². The molecule has 0 N–H and O–H groups in total. The maximum Gasteiger partial charge on any atom is 0.143 e. The Hall–Kier alpha value is -6.90. The van der Waals surface area contributed by atoms with Gasteiger partial charge in [-0.1, -0.05) is 133 Å². The minimum atomic E-state index is 0.913. The van der Waals surface area contributed by atoms with Crippen LogP contribution >= 0.6 is 0 Å². The van der Waals surface area contributed by atoms with E-state index >= 15 is 0 Å². The Balaban J connectivity index is 1.07. The number of benzene rings is 9. The number of rotatable bonds is 6. The topological polar surface area (TPSA) is 16.4 Å². The second kappa shape index (κ2) is 12.7. The first kappa shape index (κ1) is 30.9. The molecule has 0 radical (unpaired) electrons. The summed E-state index contributed by atoms with van der Waals surface area (Å²) in [7, 11) is 0. The molecular weight excluding hydrogens is 643 g/mol. The summed E-state index contributed by atoms with van der Waals surface area (Å²) in [4.78, 5) is 2.34. The summed E-state index contributed by atoms with van der Waals surface area (Å²) in [5.41, 5.74) is 13.4. The predicted octanol–water partition coefficient (Wildman–Crippen LogP) is 14.7. The largest absolute Gasteiger partial charge is 0.455 e. The van der Waals surface area contributed by atoms with E-state index in [1.54, 1.807) is 0 Å². The molecule has 0 fully saturated rings. The minimum Gasteiger partial charge on any atom is -0.455 e. The van der Waals surface area contributed by atoms with Gasteiger partial charge >= 0.3 is 0 Å². The normalized spacial score (nSPS) is 11.5. The molecule has 2 nitrogen and oxygen atoms in total. The van der Waals surface area contributed by atoms with Crippen LogP contribution in [0.25, 0.3) is 76.9 Å². The quantitative estimate of drug-likeness (QED) is 0.163. The summed E-state index contributed by atoms with van der Waals surface area (Å²) >= 11 is 0. The van der Waals surface area contributed by atoms with Gasteiger partial charge in [-0.2, -0.15) is 0 Å². The van der Waals surface area contributed by atoms with E-state index in [2.05, 4.69) is 194 Å². The molecule has 0 aliphatic carbocycles. The van der Waals surface area contributed by atoms with Gasteiger partial charge in [0.15, 0.2) is 0 Å². The van der Waals surface area contributed by atoms with E-state index in [0.717, 1.165) is 50.1 Å². The fourth-order valence-electron chi connectivity index (χ4n) is 7.94. The van der Waals surface area contributed by atoms with E-state index in [-0.39, 0.29) is 0 Å². The van der Waals surface area contributed by atoms with E-state index in [0.29, 0.717) is 0 Å². The molecule has 0 bridgehead atoms. The molecule has 10 aromatic rings. The number of para-hydroxylation sites is 1. The smallest absolute Gasteiger partial charge is 0.143 e. The van der Waals surface area contributed by atoms with Crippen LogP contribution in [0.5, 0.6) is 0 Å². The molecule has 0 aliphatic rings. The van der Waals surface area contributed by atoms with Crippen LogP contribution in [-0.4, -0.2) is 0 Å². The van der Waals surface area contributed by atoms with E-state index in [4.69, 9.17) is 4.42 Å². The van der Waals surface area contributed by atoms with Gasteiger partial charge in [0.25, 0.3) is 0 Å². The van der Waals surface area contributed by atoms with Crippen LogP contribution in [0.15, 0.2) is 199 Å². The van der Waals surface area contributed by atoms with Gasteiger partial charge in [0.1, 0.15) is 11.2 Å². The van der Waals surface area contributed by atoms with Crippen molar-refractivity contribution >= 4 is 60.5 Å². The Morgan fingerprint density at radius 3 is 1.55 bits per heavy atom. The lowest BCUT2D eigenvalue weighted by Gasteiger charge is -2.26. The molecule has 0 unspecified atom stereocenters. The van der Waals surface area contributed by atoms with E-state index in [9.17, 15) is 0 Å². The molecule has 1 heterocycles. The van der Waals surface area contributed by atoms with Crippen LogP contribution in [0.3, 0.4) is 0 Å². The average Bonchev–Trinajstić information content (AvgIpc) is 3.60. The fraction of sp³-hybridized carbons (Fsp3) is 0.0196. The molecule has 0 atom stereocenters. The molecule has 0 spiro atoms. The monoisotopic (exact) mass is 677 g/mol. The molecule has 250 valence electrons. The van der Waals surface area contributed by atoms with Crippen LogP contribution in [0.2, 0.25) is 0 Å². The average molecular weight is 678 g/mol. The summed E-state index contributed by atoms with van der Waals surface area (Å²) in [6.45, 7) is 2.16. The maximum atomic E-state index is 6.44. The first-order valence-corrected chi connectivity index (χ1v) is 18.2. The molecule has 1 aromatic heterocycles. The SMILES string of the molecule is Cc1cc(-c2ccc(N(c3ccc(-c4ccccc4)cc3)c3ccc(-c4cc5ccccc5c5ccccc45)cc3)cc2)c2oc3ccccc3c2c1. The van der Waals surface area contributed by atoms with Gasteiger partial charge in [-0.25, -0.2) is 0 Å². The van der Waals surface area contributed by atoms with Gasteiger partial charge in [0.05, 0.1) is 0 Å². The Morgan fingerprint density at radius 1 is 0.358 bits per heavy atom. The number of hydrogen-bond donors (Lipinski definition) is 0. The van der Waals surface area contributed by atoms with Crippen molar-refractivity contribution < 1.29 is 4.42 Å². The van der Waals surface area contributed by atoms with Crippen molar-refractivity contribution in [1.29, 1.82) is 0 Å². The number of aryl methyl sites for hydroxylation is 1. The third-order valence-electron chi connectivity index (χ3n) is 10.5. The van der Waals surface area contributed by atoms with Crippen LogP contribution in [0.1, 0.15) is 5.56 Å². The van der Waals surface area contributed by atoms with Crippen molar-refractivity contribution in [1.82, 2.24) is 0 Å². The highest BCUT2D eigenvalue weighted by molar-refractivity contribution is 6.14. The lowest BCUT2D eigenvalue weighted by Crippen LogP contribution is -2.09. The fourth-order valence-corrected chi connectivity index (χ4v) is 7.94. The zero-order valence-electron chi connectivity index (χ0n) is 29.3. The third kappa shape index (κ3) is 5.44. The summed E-state index contributed by atoms with van der Waals surface area (Å²) in [6.07, 6.45) is 0. The van der Waals surface area contributed by atoms with Crippen molar-refractivity contribution in [3.63, 3.8) is 0 Å². The molecule has 0 saturated carbocycles. The Kier molecular flexibility index (Phi) is 7.40. The minimum absolute atomic E-state index is 0.913. The van der Waals surface area contributed by atoms with E-state index in [1.165, 1.54) is 49.4 Å². The zero-order valence-corrected chi connectivity index (χ0v) is 29.3. The second-order valence-corrected chi connectivity index (χ2v) is 13.8. The highest BCUT2D eigenvalue weighted by atomic mass is 16.3. The first-order chi connectivity index (χ1) is 26.2. The van der Waals surface area contributed by atoms with Gasteiger partial charge in [-0.15, -0.1) is 0 Å². The second-order valence-electron chi connectivity index (χ2n) is 13.8. The molecule has 53 heavy (non-hydrogen) atoms. The van der Waals surface area contributed by atoms with Crippen molar-refractivity contribution in [3.05, 3.63) is 200 Å². The number of fused-ring (bicyclic) bond motifs is 6. The van der Waals surface area contributed by atoms with Crippen LogP contribution in [-0.2, 0) is 0 Å². The van der Waals surface area contributed by atoms with Gasteiger partial charge in [0, 0.05) is 33.4 Å². The maximum absolute atomic E-state index is 6.44. The van der Waals surface area contributed by atoms with Gasteiger partial charge in [-0.3, -0.25) is 0 Å². The van der Waals surface area contributed by atoms with Crippen LogP contribution < -0.4 is 4.90 Å². The Morgan fingerprint density at radius 2 is 0.868 bits per heavy atom. The summed E-state index contributed by atoms with van der Waals surface area (Å²) in [6, 6.07) is 69.8. The first-order valence-electron chi connectivity index (χ1n) is 18.2. The molecule has 0 aliphatic heterocycles. The summed E-state index contributed by atoms with van der Waals surface area (Å²) in [5, 5.41) is 7.37. The van der Waals surface area contributed by atoms with Crippen molar-refractivity contribution in [2.45, 2.75) is 6.92 Å². The van der Waals surface area contributed by atoms with Gasteiger partial charge < -0.3 is 9.32 Å². The van der Waals surface area contributed by atoms with Gasteiger partial charge in [-0.05, 0) is 123 Å². The third-order valence-corrected chi connectivity index (χ3v) is 10.5. The standard InChI is InChI=1S/C51H35NO/c1-34-31-48(51-49(32-34)46-17-9-10-18-50(46)53-51)38-23-29-42(30-24-38)52(40-25-19-36(20-26-40)35-11-3-2-4-12-35)41-27-21-37(22-28-41)47-33-39-13-5-6-14-43(39)44-15-7-8-16-45(44)47/h2-33H,1H3. The number of hydrogen-bond acceptors (Lipinski definition) is 2. The van der Waals surface area contributed by atoms with Crippen molar-refractivity contribution in [2.24, 2.45) is 0 Å². The lowest BCUT2D eigenvalue weighted by molar-refractivity contribution is 0.670. The van der Waals surface area contributed by atoms with Gasteiger partial charge in [0.2, 0.25) is 0 Å². The van der Waals surface area contributed by atoms with E-state index < -0.39 is 0 Å². The van der Waals surface area contributed by atoms with E-state index in [1.807, 2.05) is 12.1 Å². The summed E-state index contributed by atoms with van der Waals surface area (Å²) in [5.74, 6) is 0. The van der Waals surface area contributed by atoms with Crippen LogP contribution in [0, 0.1) is 6.92 Å². The molecule has 0 saturated heterocycles. The molecule has 9 aromatic carbocycles. The molecule has 0 amide bonds. The highest BCUT2D eigenvalue weighted by Gasteiger charge is 2.17. The number of nitrogens with zero attached hydrogens (tertiary/aromatic N) is 1. The van der Waals surface area contributed by atoms with Crippen molar-refractivity contribution in [2.75, 3.05) is 4.90 Å². The molecule has 10 rings (SSSR count). The number of anilines is 3. The number of furan rings is 1. The zero-order chi connectivity index (χ0) is 35.3. The summed E-state index contributed by atoms with van der Waals surface area (Å²) < 4.78 is 6.44. The Bertz CT molecular complexity index is 2920. The molecular formula is C51H35NO. The lowest BCUT2D eigenvalue weighted by atomic mass is 9.93. The van der Waals surface area contributed by atoms with Crippen molar-refractivity contribution in [3.8, 4) is 33.4 Å². The van der Waals surface area contributed by atoms with Crippen LogP contribution in [0.4, 0.5) is 17.1 Å². The highest BCUT2D eigenvalue weighted by Crippen LogP contribution is 2.41. The predicted molar refractivity (Wildman–Crippen MR) is 224 cm³/mol.